The van der Waals surface area contributed by atoms with Crippen molar-refractivity contribution in [2.45, 2.75) is 45.6 Å². The number of carboxylic acids is 1. The van der Waals surface area contributed by atoms with E-state index in [1.807, 2.05) is 20.8 Å². The molecule has 5 nitrogen and oxygen atoms in total. The molecule has 1 aromatic rings. The summed E-state index contributed by atoms with van der Waals surface area (Å²) < 4.78 is 0.535. The van der Waals surface area contributed by atoms with Gasteiger partial charge in [0.25, 0.3) is 0 Å². The standard InChI is InChI=1S/C15H21BrN2O3/c1-4-15(5-2,6-3)18-14(21)17-12-10(13(19)20)8-7-9-11(12)16/h7-9H,4-6H2,1-3H3,(H,19,20)(H2,17,18,21). The van der Waals surface area contributed by atoms with Gasteiger partial charge >= 0.3 is 12.0 Å². The van der Waals surface area contributed by atoms with E-state index >= 15 is 0 Å². The molecule has 0 saturated carbocycles. The van der Waals surface area contributed by atoms with Crippen molar-refractivity contribution in [3.8, 4) is 0 Å². The van der Waals surface area contributed by atoms with Crippen LogP contribution >= 0.6 is 15.9 Å². The Hall–Kier alpha value is -1.56. The molecule has 0 fully saturated rings. The highest BCUT2D eigenvalue weighted by atomic mass is 79.9. The third-order valence-electron chi connectivity index (χ3n) is 3.89. The summed E-state index contributed by atoms with van der Waals surface area (Å²) in [7, 11) is 0. The Kier molecular flexibility index (Phi) is 6.20. The molecule has 0 saturated heterocycles. The van der Waals surface area contributed by atoms with Crippen LogP contribution in [0.4, 0.5) is 10.5 Å². The molecule has 1 aromatic carbocycles. The van der Waals surface area contributed by atoms with Gasteiger partial charge in [0.15, 0.2) is 0 Å². The van der Waals surface area contributed by atoms with Crippen LogP contribution in [0.25, 0.3) is 0 Å². The maximum Gasteiger partial charge on any atom is 0.337 e. The summed E-state index contributed by atoms with van der Waals surface area (Å²) in [6.45, 7) is 6.07. The van der Waals surface area contributed by atoms with Gasteiger partial charge in [0.05, 0.1) is 11.3 Å². The molecule has 6 heteroatoms. The van der Waals surface area contributed by atoms with Gasteiger partial charge in [-0.3, -0.25) is 0 Å². The van der Waals surface area contributed by atoms with Gasteiger partial charge in [0.1, 0.15) is 0 Å². The monoisotopic (exact) mass is 356 g/mol. The number of hydrogen-bond donors (Lipinski definition) is 3. The lowest BCUT2D eigenvalue weighted by molar-refractivity contribution is 0.0698. The number of carbonyl (C=O) groups is 2. The van der Waals surface area contributed by atoms with Crippen molar-refractivity contribution in [2.75, 3.05) is 5.32 Å². The van der Waals surface area contributed by atoms with Crippen molar-refractivity contribution < 1.29 is 14.7 Å². The summed E-state index contributed by atoms with van der Waals surface area (Å²) in [6.07, 6.45) is 2.44. The number of carbonyl (C=O) groups excluding carboxylic acids is 1. The van der Waals surface area contributed by atoms with Crippen LogP contribution in [0.1, 0.15) is 50.4 Å². The Balaban J connectivity index is 2.96. The number of aromatic carboxylic acids is 1. The Labute approximate surface area is 133 Å². The minimum absolute atomic E-state index is 0.0506. The molecule has 0 bridgehead atoms. The number of hydrogen-bond acceptors (Lipinski definition) is 2. The molecule has 0 aliphatic carbocycles. The molecule has 0 radical (unpaired) electrons. The number of anilines is 1. The van der Waals surface area contributed by atoms with E-state index in [9.17, 15) is 14.7 Å². The van der Waals surface area contributed by atoms with Crippen LogP contribution in [-0.4, -0.2) is 22.6 Å². The molecule has 0 aromatic heterocycles. The number of urea groups is 1. The van der Waals surface area contributed by atoms with Gasteiger partial charge in [-0.2, -0.15) is 0 Å². The lowest BCUT2D eigenvalue weighted by atomic mass is 9.90. The van der Waals surface area contributed by atoms with Gasteiger partial charge in [-0.05, 0) is 47.3 Å². The number of rotatable bonds is 6. The molecule has 0 unspecified atom stereocenters. The minimum atomic E-state index is -1.08. The summed E-state index contributed by atoms with van der Waals surface area (Å²) in [5.41, 5.74) is 0.0451. The summed E-state index contributed by atoms with van der Waals surface area (Å²) in [5.74, 6) is -1.08. The first-order valence-corrected chi connectivity index (χ1v) is 7.79. The van der Waals surface area contributed by atoms with E-state index in [4.69, 9.17) is 0 Å². The van der Waals surface area contributed by atoms with Gasteiger partial charge in [-0.15, -0.1) is 0 Å². The number of para-hydroxylation sites is 1. The van der Waals surface area contributed by atoms with Crippen molar-refractivity contribution >= 4 is 33.6 Å². The molecule has 1 rings (SSSR count). The van der Waals surface area contributed by atoms with E-state index in [0.717, 1.165) is 19.3 Å². The Morgan fingerprint density at radius 3 is 2.24 bits per heavy atom. The Morgan fingerprint density at radius 2 is 1.76 bits per heavy atom. The van der Waals surface area contributed by atoms with Crippen molar-refractivity contribution in [3.05, 3.63) is 28.2 Å². The van der Waals surface area contributed by atoms with Gasteiger partial charge in [0.2, 0.25) is 0 Å². The van der Waals surface area contributed by atoms with Crippen LogP contribution in [0.3, 0.4) is 0 Å². The number of nitrogens with one attached hydrogen (secondary N) is 2. The molecule has 0 heterocycles. The van der Waals surface area contributed by atoms with Crippen LogP contribution < -0.4 is 10.6 Å². The maximum absolute atomic E-state index is 12.2. The van der Waals surface area contributed by atoms with Crippen LogP contribution in [0.2, 0.25) is 0 Å². The molecule has 0 aliphatic rings. The summed E-state index contributed by atoms with van der Waals surface area (Å²) in [4.78, 5) is 23.4. The molecule has 116 valence electrons. The zero-order valence-electron chi connectivity index (χ0n) is 12.5. The normalized spacial score (nSPS) is 11.0. The van der Waals surface area contributed by atoms with E-state index in [1.165, 1.54) is 6.07 Å². The van der Waals surface area contributed by atoms with E-state index in [0.29, 0.717) is 4.47 Å². The maximum atomic E-state index is 12.2. The van der Waals surface area contributed by atoms with E-state index < -0.39 is 12.0 Å². The Morgan fingerprint density at radius 1 is 1.19 bits per heavy atom. The largest absolute Gasteiger partial charge is 0.478 e. The van der Waals surface area contributed by atoms with Gasteiger partial charge in [0, 0.05) is 10.0 Å². The van der Waals surface area contributed by atoms with Crippen LogP contribution in [0.15, 0.2) is 22.7 Å². The second-order valence-electron chi connectivity index (χ2n) is 4.89. The topological polar surface area (TPSA) is 78.4 Å². The lowest BCUT2D eigenvalue weighted by Gasteiger charge is -2.31. The van der Waals surface area contributed by atoms with Gasteiger partial charge in [-0.25, -0.2) is 9.59 Å². The van der Waals surface area contributed by atoms with Crippen LogP contribution in [0, 0.1) is 0 Å². The Bertz CT molecular complexity index is 519. The smallest absolute Gasteiger partial charge is 0.337 e. The predicted octanol–water partition coefficient (Wildman–Crippen LogP) is 4.24. The van der Waals surface area contributed by atoms with E-state index in [2.05, 4.69) is 26.6 Å². The van der Waals surface area contributed by atoms with Crippen molar-refractivity contribution in [1.29, 1.82) is 0 Å². The molecule has 0 atom stereocenters. The number of amides is 2. The summed E-state index contributed by atoms with van der Waals surface area (Å²) in [6, 6.07) is 4.37. The number of halogens is 1. The van der Waals surface area contributed by atoms with Crippen molar-refractivity contribution in [1.82, 2.24) is 5.32 Å². The molecular formula is C15H21BrN2O3. The second-order valence-corrected chi connectivity index (χ2v) is 5.74. The van der Waals surface area contributed by atoms with Crippen molar-refractivity contribution in [3.63, 3.8) is 0 Å². The lowest BCUT2D eigenvalue weighted by Crippen LogP contribution is -2.49. The fourth-order valence-corrected chi connectivity index (χ4v) is 2.70. The fraction of sp³-hybridized carbons (Fsp3) is 0.467. The number of benzene rings is 1. The van der Waals surface area contributed by atoms with Crippen LogP contribution in [0.5, 0.6) is 0 Å². The zero-order chi connectivity index (χ0) is 16.0. The minimum Gasteiger partial charge on any atom is -0.478 e. The molecule has 0 spiro atoms. The highest BCUT2D eigenvalue weighted by Crippen LogP contribution is 2.27. The number of carboxylic acid groups (broad SMARTS) is 1. The average Bonchev–Trinajstić information content (AvgIpc) is 2.46. The average molecular weight is 357 g/mol. The zero-order valence-corrected chi connectivity index (χ0v) is 14.1. The third-order valence-corrected chi connectivity index (χ3v) is 4.55. The predicted molar refractivity (Wildman–Crippen MR) is 86.9 cm³/mol. The SMILES string of the molecule is CCC(CC)(CC)NC(=O)Nc1c(Br)cccc1C(=O)O. The molecule has 3 N–H and O–H groups in total. The van der Waals surface area contributed by atoms with E-state index in [1.54, 1.807) is 12.1 Å². The van der Waals surface area contributed by atoms with Crippen molar-refractivity contribution in [2.24, 2.45) is 0 Å². The van der Waals surface area contributed by atoms with Crippen LogP contribution in [-0.2, 0) is 0 Å². The van der Waals surface area contributed by atoms with E-state index in [-0.39, 0.29) is 16.8 Å². The highest BCUT2D eigenvalue weighted by molar-refractivity contribution is 9.10. The quantitative estimate of drug-likeness (QED) is 0.713. The molecule has 2 amide bonds. The summed E-state index contributed by atoms with van der Waals surface area (Å²) in [5, 5.41) is 14.8. The molecular weight excluding hydrogens is 336 g/mol. The first-order valence-electron chi connectivity index (χ1n) is 7.00. The third kappa shape index (κ3) is 4.20. The van der Waals surface area contributed by atoms with Gasteiger partial charge < -0.3 is 15.7 Å². The molecule has 21 heavy (non-hydrogen) atoms. The highest BCUT2D eigenvalue weighted by Gasteiger charge is 2.26. The first kappa shape index (κ1) is 17.5. The molecule has 0 aliphatic heterocycles. The fourth-order valence-electron chi connectivity index (χ4n) is 2.23. The van der Waals surface area contributed by atoms with Gasteiger partial charge in [-0.1, -0.05) is 26.8 Å². The summed E-state index contributed by atoms with van der Waals surface area (Å²) >= 11 is 3.27. The first-order chi connectivity index (χ1) is 9.89. The second kappa shape index (κ2) is 7.45.